The molecule has 4 amide bonds. The first-order chi connectivity index (χ1) is 14.8. The molecule has 1 aromatic carbocycles. The van der Waals surface area contributed by atoms with Crippen LogP contribution < -0.4 is 0 Å². The zero-order valence-corrected chi connectivity index (χ0v) is 18.5. The second-order valence-electron chi connectivity index (χ2n) is 8.46. The van der Waals surface area contributed by atoms with E-state index in [0.29, 0.717) is 26.1 Å². The van der Waals surface area contributed by atoms with Gasteiger partial charge < -0.3 is 0 Å². The summed E-state index contributed by atoms with van der Waals surface area (Å²) in [4.78, 5) is 41.9. The quantitative estimate of drug-likeness (QED) is 0.499. The number of amides is 4. The zero-order valence-electron chi connectivity index (χ0n) is 17.7. The lowest BCUT2D eigenvalue weighted by atomic mass is 10.2. The van der Waals surface area contributed by atoms with Crippen LogP contribution in [0.15, 0.2) is 29.2 Å². The van der Waals surface area contributed by atoms with Gasteiger partial charge in [-0.05, 0) is 38.3 Å². The molecule has 0 radical (unpaired) electrons. The Morgan fingerprint density at radius 3 is 2.23 bits per heavy atom. The molecule has 3 aliphatic rings. The number of sulfonamides is 1. The lowest BCUT2D eigenvalue weighted by Crippen LogP contribution is -2.45. The van der Waals surface area contributed by atoms with E-state index in [0.717, 1.165) is 41.0 Å². The summed E-state index contributed by atoms with van der Waals surface area (Å²) in [6.45, 7) is 3.44. The van der Waals surface area contributed by atoms with Gasteiger partial charge in [-0.25, -0.2) is 18.1 Å². The average Bonchev–Trinajstić information content (AvgIpc) is 3.24. The van der Waals surface area contributed by atoms with Crippen LogP contribution in [-0.2, 0) is 19.6 Å². The zero-order chi connectivity index (χ0) is 22.2. The smallest absolute Gasteiger partial charge is 0.284 e. The maximum atomic E-state index is 13.0. The van der Waals surface area contributed by atoms with Crippen molar-refractivity contribution in [2.75, 3.05) is 32.8 Å². The highest BCUT2D eigenvalue weighted by Crippen LogP contribution is 2.28. The fourth-order valence-corrected chi connectivity index (χ4v) is 5.99. The van der Waals surface area contributed by atoms with Crippen molar-refractivity contribution in [2.24, 2.45) is 0 Å². The average molecular weight is 449 g/mol. The number of nitrogens with zero attached hydrogens (tertiary/aromatic N) is 4. The van der Waals surface area contributed by atoms with Gasteiger partial charge in [0, 0.05) is 32.2 Å². The number of rotatable bonds is 5. The fourth-order valence-electron chi connectivity index (χ4n) is 4.52. The first-order valence-corrected chi connectivity index (χ1v) is 12.2. The Morgan fingerprint density at radius 1 is 0.871 bits per heavy atom. The van der Waals surface area contributed by atoms with Crippen molar-refractivity contribution < 1.29 is 22.8 Å². The molecule has 0 aromatic heterocycles. The third-order valence-corrected chi connectivity index (χ3v) is 8.23. The molecule has 9 nitrogen and oxygen atoms in total. The van der Waals surface area contributed by atoms with Crippen LogP contribution in [0.5, 0.6) is 0 Å². The van der Waals surface area contributed by atoms with E-state index in [1.165, 1.54) is 4.31 Å². The van der Waals surface area contributed by atoms with Crippen molar-refractivity contribution in [1.82, 2.24) is 19.0 Å². The highest BCUT2D eigenvalue weighted by molar-refractivity contribution is 7.89. The van der Waals surface area contributed by atoms with Gasteiger partial charge in [-0.3, -0.25) is 19.4 Å². The van der Waals surface area contributed by atoms with Crippen LogP contribution in [-0.4, -0.2) is 84.2 Å². The Hall–Kier alpha value is -2.30. The van der Waals surface area contributed by atoms with Gasteiger partial charge in [0.15, 0.2) is 0 Å². The van der Waals surface area contributed by atoms with Gasteiger partial charge in [-0.15, -0.1) is 0 Å². The fraction of sp³-hybridized carbons (Fsp3) is 0.571. The third kappa shape index (κ3) is 4.24. The van der Waals surface area contributed by atoms with Gasteiger partial charge in [-0.2, -0.15) is 4.31 Å². The Morgan fingerprint density at radius 2 is 1.55 bits per heavy atom. The van der Waals surface area contributed by atoms with Crippen LogP contribution in [0.3, 0.4) is 0 Å². The lowest BCUT2D eigenvalue weighted by molar-refractivity contribution is -0.144. The molecule has 3 fully saturated rings. The van der Waals surface area contributed by atoms with Crippen LogP contribution >= 0.6 is 0 Å². The molecule has 10 heteroatoms. The van der Waals surface area contributed by atoms with Crippen molar-refractivity contribution >= 4 is 27.9 Å². The number of imide groups is 2. The van der Waals surface area contributed by atoms with Gasteiger partial charge in [0.05, 0.1) is 11.6 Å². The predicted octanol–water partition coefficient (Wildman–Crippen LogP) is 1.38. The van der Waals surface area contributed by atoms with E-state index in [9.17, 15) is 22.8 Å². The van der Waals surface area contributed by atoms with Gasteiger partial charge in [-0.1, -0.05) is 30.5 Å². The topological polar surface area (TPSA) is 98.3 Å². The molecule has 1 aliphatic carbocycles. The SMILES string of the molecule is Cc1ccc(S(=O)(=O)N2CCCN(CN3C(=O)C(=O)N(C4CCCC4)C3=O)CC2)cc1. The molecule has 168 valence electrons. The molecule has 0 spiro atoms. The van der Waals surface area contributed by atoms with Gasteiger partial charge in [0.25, 0.3) is 0 Å². The minimum Gasteiger partial charge on any atom is -0.284 e. The number of hydrogen-bond acceptors (Lipinski definition) is 6. The number of carbonyl (C=O) groups is 3. The van der Waals surface area contributed by atoms with Gasteiger partial charge >= 0.3 is 17.8 Å². The molecule has 2 aliphatic heterocycles. The molecule has 0 bridgehead atoms. The maximum absolute atomic E-state index is 13.0. The number of aryl methyl sites for hydroxylation is 1. The molecule has 0 atom stereocenters. The molecule has 1 aromatic rings. The van der Waals surface area contributed by atoms with Crippen LogP contribution in [0.1, 0.15) is 37.7 Å². The molecule has 0 unspecified atom stereocenters. The van der Waals surface area contributed by atoms with Crippen LogP contribution in [0.2, 0.25) is 0 Å². The van der Waals surface area contributed by atoms with Gasteiger partial charge in [0.1, 0.15) is 0 Å². The summed E-state index contributed by atoms with van der Waals surface area (Å²) in [6.07, 6.45) is 3.96. The molecule has 31 heavy (non-hydrogen) atoms. The van der Waals surface area contributed by atoms with E-state index in [1.54, 1.807) is 24.3 Å². The van der Waals surface area contributed by atoms with E-state index < -0.39 is 27.9 Å². The van der Waals surface area contributed by atoms with E-state index in [-0.39, 0.29) is 24.2 Å². The molecular weight excluding hydrogens is 420 g/mol. The van der Waals surface area contributed by atoms with Crippen molar-refractivity contribution in [1.29, 1.82) is 0 Å². The van der Waals surface area contributed by atoms with E-state index in [2.05, 4.69) is 0 Å². The largest absolute Gasteiger partial charge is 0.335 e. The molecule has 2 saturated heterocycles. The second kappa shape index (κ2) is 8.68. The monoisotopic (exact) mass is 448 g/mol. The minimum atomic E-state index is -3.61. The Balaban J connectivity index is 1.41. The number of benzene rings is 1. The first kappa shape index (κ1) is 21.9. The second-order valence-corrected chi connectivity index (χ2v) is 10.4. The first-order valence-electron chi connectivity index (χ1n) is 10.8. The van der Waals surface area contributed by atoms with Crippen molar-refractivity contribution in [3.8, 4) is 0 Å². The summed E-state index contributed by atoms with van der Waals surface area (Å²) in [7, 11) is -3.61. The summed E-state index contributed by atoms with van der Waals surface area (Å²) in [5, 5.41) is 0. The molecule has 1 saturated carbocycles. The summed E-state index contributed by atoms with van der Waals surface area (Å²) >= 11 is 0. The van der Waals surface area contributed by atoms with E-state index in [1.807, 2.05) is 11.8 Å². The van der Waals surface area contributed by atoms with E-state index in [4.69, 9.17) is 0 Å². The Bertz CT molecular complexity index is 972. The Labute approximate surface area is 182 Å². The number of urea groups is 1. The standard InChI is InChI=1S/C21H28N4O5S/c1-16-7-9-18(10-8-16)31(29,30)23-12-4-11-22(13-14-23)15-24-19(26)20(27)25(21(24)28)17-5-2-3-6-17/h7-10,17H,2-6,11-15H2,1H3. The summed E-state index contributed by atoms with van der Waals surface area (Å²) in [5.41, 5.74) is 0.988. The predicted molar refractivity (Wildman–Crippen MR) is 112 cm³/mol. The van der Waals surface area contributed by atoms with Crippen LogP contribution in [0.25, 0.3) is 0 Å². The van der Waals surface area contributed by atoms with E-state index >= 15 is 0 Å². The highest BCUT2D eigenvalue weighted by atomic mass is 32.2. The number of hydrogen-bond donors (Lipinski definition) is 0. The van der Waals surface area contributed by atoms with Crippen molar-refractivity contribution in [3.05, 3.63) is 29.8 Å². The third-order valence-electron chi connectivity index (χ3n) is 6.32. The summed E-state index contributed by atoms with van der Waals surface area (Å²) < 4.78 is 27.4. The van der Waals surface area contributed by atoms with Crippen LogP contribution in [0.4, 0.5) is 4.79 Å². The van der Waals surface area contributed by atoms with Crippen LogP contribution in [0, 0.1) is 6.92 Å². The Kier molecular flexibility index (Phi) is 6.14. The normalized spacial score (nSPS) is 22.5. The molecular formula is C21H28N4O5S. The molecule has 4 rings (SSSR count). The minimum absolute atomic E-state index is 0.00501. The molecule has 0 N–H and O–H groups in total. The lowest BCUT2D eigenvalue weighted by Gasteiger charge is -2.26. The van der Waals surface area contributed by atoms with Crippen molar-refractivity contribution in [2.45, 2.75) is 50.0 Å². The van der Waals surface area contributed by atoms with Gasteiger partial charge in [0.2, 0.25) is 10.0 Å². The van der Waals surface area contributed by atoms with Crippen molar-refractivity contribution in [3.63, 3.8) is 0 Å². The number of carbonyl (C=O) groups excluding carboxylic acids is 3. The summed E-state index contributed by atoms with van der Waals surface area (Å²) in [6, 6.07) is 6.03. The summed E-state index contributed by atoms with van der Waals surface area (Å²) in [5.74, 6) is -1.53. The maximum Gasteiger partial charge on any atom is 0.335 e. The molecule has 2 heterocycles. The highest BCUT2D eigenvalue weighted by Gasteiger charge is 2.48.